The van der Waals surface area contributed by atoms with E-state index in [2.05, 4.69) is 31.4 Å². The molecule has 108 valence electrons. The van der Waals surface area contributed by atoms with Crippen molar-refractivity contribution in [3.05, 3.63) is 58.1 Å². The lowest BCUT2D eigenvalue weighted by molar-refractivity contribution is 0.102. The van der Waals surface area contributed by atoms with Gasteiger partial charge in [0.1, 0.15) is 5.82 Å². The summed E-state index contributed by atoms with van der Waals surface area (Å²) in [5.41, 5.74) is 5.82. The van der Waals surface area contributed by atoms with Crippen LogP contribution in [0.3, 0.4) is 0 Å². The molecule has 8 heteroatoms. The molecule has 0 aliphatic heterocycles. The van der Waals surface area contributed by atoms with E-state index in [0.717, 1.165) is 6.07 Å². The van der Waals surface area contributed by atoms with Gasteiger partial charge in [-0.1, -0.05) is 5.16 Å². The Morgan fingerprint density at radius 2 is 2.10 bits per heavy atom. The molecule has 0 radical (unpaired) electrons. The van der Waals surface area contributed by atoms with Gasteiger partial charge in [-0.15, -0.1) is 0 Å². The molecule has 1 aromatic heterocycles. The van der Waals surface area contributed by atoms with Gasteiger partial charge in [0, 0.05) is 22.4 Å². The van der Waals surface area contributed by atoms with Crippen LogP contribution in [-0.2, 0) is 0 Å². The van der Waals surface area contributed by atoms with Crippen LogP contribution >= 0.6 is 15.9 Å². The summed E-state index contributed by atoms with van der Waals surface area (Å²) in [6.45, 7) is 0. The number of nitrogens with two attached hydrogens (primary N) is 1. The first-order chi connectivity index (χ1) is 10.0. The lowest BCUT2D eigenvalue weighted by atomic mass is 10.1. The zero-order chi connectivity index (χ0) is 15.4. The van der Waals surface area contributed by atoms with Crippen LogP contribution in [0.15, 0.2) is 46.3 Å². The number of hydrogen-bond acceptors (Lipinski definition) is 4. The zero-order valence-corrected chi connectivity index (χ0v) is 12.1. The van der Waals surface area contributed by atoms with E-state index in [4.69, 9.17) is 10.9 Å². The van der Waals surface area contributed by atoms with Crippen molar-refractivity contribution in [2.24, 2.45) is 10.9 Å². The first kappa shape index (κ1) is 14.9. The molecule has 21 heavy (non-hydrogen) atoms. The predicted molar refractivity (Wildman–Crippen MR) is 78.8 cm³/mol. The number of oxime groups is 1. The smallest absolute Gasteiger partial charge is 0.257 e. The summed E-state index contributed by atoms with van der Waals surface area (Å²) < 4.78 is 14.5. The number of halogens is 2. The molecule has 6 nitrogen and oxygen atoms in total. The van der Waals surface area contributed by atoms with Gasteiger partial charge < -0.3 is 16.3 Å². The van der Waals surface area contributed by atoms with Crippen molar-refractivity contribution < 1.29 is 14.4 Å². The van der Waals surface area contributed by atoms with Crippen LogP contribution in [0.4, 0.5) is 10.1 Å². The molecule has 4 N–H and O–H groups in total. The summed E-state index contributed by atoms with van der Waals surface area (Å²) in [6.07, 6.45) is 2.89. The summed E-state index contributed by atoms with van der Waals surface area (Å²) >= 11 is 3.20. The normalized spacial score (nSPS) is 11.2. The van der Waals surface area contributed by atoms with E-state index in [1.165, 1.54) is 24.5 Å². The Labute approximate surface area is 127 Å². The van der Waals surface area contributed by atoms with Crippen molar-refractivity contribution in [1.82, 2.24) is 4.98 Å². The third-order valence-electron chi connectivity index (χ3n) is 2.59. The second-order valence-corrected chi connectivity index (χ2v) is 4.94. The monoisotopic (exact) mass is 352 g/mol. The summed E-state index contributed by atoms with van der Waals surface area (Å²) in [6, 6.07) is 5.37. The maximum Gasteiger partial charge on any atom is 0.257 e. The minimum absolute atomic E-state index is 0.0190. The molecule has 2 rings (SSSR count). The van der Waals surface area contributed by atoms with Crippen LogP contribution in [0.5, 0.6) is 0 Å². The highest BCUT2D eigenvalue weighted by molar-refractivity contribution is 9.10. The van der Waals surface area contributed by atoms with E-state index in [1.54, 1.807) is 6.07 Å². The molecule has 0 saturated carbocycles. The first-order valence-corrected chi connectivity index (χ1v) is 6.50. The number of amides is 1. The predicted octanol–water partition coefficient (Wildman–Crippen LogP) is 2.33. The molecular weight excluding hydrogens is 343 g/mol. The second-order valence-electron chi connectivity index (χ2n) is 4.03. The van der Waals surface area contributed by atoms with E-state index in [9.17, 15) is 9.18 Å². The van der Waals surface area contributed by atoms with Crippen LogP contribution in [0.1, 0.15) is 15.9 Å². The first-order valence-electron chi connectivity index (χ1n) is 5.70. The highest BCUT2D eigenvalue weighted by Crippen LogP contribution is 2.17. The Morgan fingerprint density at radius 1 is 1.33 bits per heavy atom. The standard InChI is InChI=1S/C13H10BrFN4O2/c14-9-3-8(5-17-6-9)13(20)18-11-2-1-7(4-10(11)15)12(16)19-21/h1-6,21H,(H2,16,19)(H,18,20). The second kappa shape index (κ2) is 6.31. The Bertz CT molecular complexity index is 721. The SMILES string of the molecule is N/C(=N/O)c1ccc(NC(=O)c2cncc(Br)c2)c(F)c1. The molecule has 0 fully saturated rings. The van der Waals surface area contributed by atoms with Gasteiger partial charge in [0.05, 0.1) is 11.3 Å². The maximum atomic E-state index is 13.9. The van der Waals surface area contributed by atoms with Crippen LogP contribution in [-0.4, -0.2) is 21.9 Å². The Balaban J connectivity index is 2.22. The topological polar surface area (TPSA) is 101 Å². The average Bonchev–Trinajstić information content (AvgIpc) is 2.48. The number of anilines is 1. The average molecular weight is 353 g/mol. The van der Waals surface area contributed by atoms with Gasteiger partial charge >= 0.3 is 0 Å². The van der Waals surface area contributed by atoms with Gasteiger partial charge in [0.15, 0.2) is 5.84 Å². The fourth-order valence-electron chi connectivity index (χ4n) is 1.56. The summed E-state index contributed by atoms with van der Waals surface area (Å²) in [5, 5.41) is 13.7. The Hall–Kier alpha value is -2.48. The number of benzene rings is 1. The van der Waals surface area contributed by atoms with Gasteiger partial charge in [-0.2, -0.15) is 0 Å². The number of pyridine rings is 1. The minimum Gasteiger partial charge on any atom is -0.409 e. The molecule has 0 spiro atoms. The number of rotatable bonds is 3. The number of carbonyl (C=O) groups excluding carboxylic acids is 1. The van der Waals surface area contributed by atoms with Gasteiger partial charge in [-0.05, 0) is 40.2 Å². The Kier molecular flexibility index (Phi) is 4.49. The number of aromatic nitrogens is 1. The van der Waals surface area contributed by atoms with Gasteiger partial charge in [0.2, 0.25) is 0 Å². The molecule has 1 aromatic carbocycles. The highest BCUT2D eigenvalue weighted by atomic mass is 79.9. The van der Waals surface area contributed by atoms with Crippen LogP contribution in [0, 0.1) is 5.82 Å². The van der Waals surface area contributed by atoms with Gasteiger partial charge in [-0.25, -0.2) is 4.39 Å². The van der Waals surface area contributed by atoms with Crippen molar-refractivity contribution in [2.45, 2.75) is 0 Å². The van der Waals surface area contributed by atoms with Crippen LogP contribution in [0.2, 0.25) is 0 Å². The van der Waals surface area contributed by atoms with Crippen molar-refractivity contribution in [3.63, 3.8) is 0 Å². The number of amidine groups is 1. The minimum atomic E-state index is -0.699. The van der Waals surface area contributed by atoms with Crippen molar-refractivity contribution in [2.75, 3.05) is 5.32 Å². The zero-order valence-electron chi connectivity index (χ0n) is 10.5. The molecule has 0 unspecified atom stereocenters. The van der Waals surface area contributed by atoms with Crippen LogP contribution < -0.4 is 11.1 Å². The third kappa shape index (κ3) is 3.54. The summed E-state index contributed by atoms with van der Waals surface area (Å²) in [7, 11) is 0. The molecular formula is C13H10BrFN4O2. The molecule has 2 aromatic rings. The molecule has 0 aliphatic rings. The molecule has 1 heterocycles. The lowest BCUT2D eigenvalue weighted by Crippen LogP contribution is -2.16. The summed E-state index contributed by atoms with van der Waals surface area (Å²) in [4.78, 5) is 15.8. The van der Waals surface area contributed by atoms with E-state index in [1.807, 2.05) is 0 Å². The van der Waals surface area contributed by atoms with E-state index in [-0.39, 0.29) is 22.6 Å². The van der Waals surface area contributed by atoms with Gasteiger partial charge in [0.25, 0.3) is 5.91 Å². The number of carbonyl (C=O) groups is 1. The van der Waals surface area contributed by atoms with Crippen molar-refractivity contribution in [1.29, 1.82) is 0 Å². The fourth-order valence-corrected chi connectivity index (χ4v) is 1.93. The summed E-state index contributed by atoms with van der Waals surface area (Å²) in [5.74, 6) is -1.42. The van der Waals surface area contributed by atoms with E-state index < -0.39 is 11.7 Å². The quantitative estimate of drug-likeness (QED) is 0.341. The number of nitrogens with one attached hydrogen (secondary N) is 1. The number of hydrogen-bond donors (Lipinski definition) is 3. The lowest BCUT2D eigenvalue weighted by Gasteiger charge is -2.08. The molecule has 1 amide bonds. The molecule has 0 saturated heterocycles. The largest absolute Gasteiger partial charge is 0.409 e. The van der Waals surface area contributed by atoms with Crippen molar-refractivity contribution >= 4 is 33.4 Å². The third-order valence-corrected chi connectivity index (χ3v) is 3.02. The van der Waals surface area contributed by atoms with Crippen LogP contribution in [0.25, 0.3) is 0 Å². The van der Waals surface area contributed by atoms with E-state index >= 15 is 0 Å². The molecule has 0 bridgehead atoms. The number of nitrogens with zero attached hydrogens (tertiary/aromatic N) is 2. The molecule has 0 atom stereocenters. The van der Waals surface area contributed by atoms with Gasteiger partial charge in [-0.3, -0.25) is 9.78 Å². The fraction of sp³-hybridized carbons (Fsp3) is 0. The maximum absolute atomic E-state index is 13.9. The highest BCUT2D eigenvalue weighted by Gasteiger charge is 2.11. The Morgan fingerprint density at radius 3 is 2.71 bits per heavy atom. The molecule has 0 aliphatic carbocycles. The van der Waals surface area contributed by atoms with E-state index in [0.29, 0.717) is 4.47 Å². The van der Waals surface area contributed by atoms with Crippen molar-refractivity contribution in [3.8, 4) is 0 Å².